The summed E-state index contributed by atoms with van der Waals surface area (Å²) in [6, 6.07) is 25.7. The lowest BCUT2D eigenvalue weighted by molar-refractivity contribution is -0.170. The monoisotopic (exact) mass is 662 g/mol. The smallest absolute Gasteiger partial charge is 0.450 e. The summed E-state index contributed by atoms with van der Waals surface area (Å²) in [6.45, 7) is 0. The van der Waals surface area contributed by atoms with E-state index in [2.05, 4.69) is 0 Å². The van der Waals surface area contributed by atoms with Gasteiger partial charge in [-0.1, -0.05) is 24.3 Å². The molecule has 0 aliphatic heterocycles. The van der Waals surface area contributed by atoms with E-state index in [4.69, 9.17) is 9.47 Å². The van der Waals surface area contributed by atoms with Gasteiger partial charge in [-0.3, -0.25) is 19.2 Å². The highest BCUT2D eigenvalue weighted by molar-refractivity contribution is 6.23. The first kappa shape index (κ1) is 32.2. The van der Waals surface area contributed by atoms with Crippen LogP contribution in [0.25, 0.3) is 32.3 Å². The Hall–Kier alpha value is -5.78. The Labute approximate surface area is 266 Å². The molecule has 6 aromatic carbocycles. The number of ether oxygens (including phenoxy) is 2. The van der Waals surface area contributed by atoms with Gasteiger partial charge < -0.3 is 9.47 Å². The van der Waals surface area contributed by atoms with Gasteiger partial charge in [-0.15, -0.1) is 0 Å². The highest BCUT2D eigenvalue weighted by Crippen LogP contribution is 2.40. The van der Waals surface area contributed by atoms with Gasteiger partial charge in [-0.2, -0.15) is 26.3 Å². The van der Waals surface area contributed by atoms with Crippen LogP contribution in [0.15, 0.2) is 97.1 Å². The lowest BCUT2D eigenvalue weighted by atomic mass is 9.94. The van der Waals surface area contributed by atoms with E-state index in [0.29, 0.717) is 23.0 Å². The molecule has 0 N–H and O–H groups in total. The third-order valence-corrected chi connectivity index (χ3v) is 7.58. The molecule has 0 bridgehead atoms. The lowest BCUT2D eigenvalue weighted by Gasteiger charge is -2.15. The van der Waals surface area contributed by atoms with Crippen molar-refractivity contribution in [2.24, 2.45) is 0 Å². The van der Waals surface area contributed by atoms with E-state index < -0.39 is 48.3 Å². The van der Waals surface area contributed by atoms with Crippen molar-refractivity contribution in [2.75, 3.05) is 0 Å². The zero-order valence-corrected chi connectivity index (χ0v) is 24.4. The van der Waals surface area contributed by atoms with Crippen LogP contribution in [0.1, 0.15) is 33.6 Å². The second kappa shape index (κ2) is 12.1. The van der Waals surface area contributed by atoms with Crippen LogP contribution in [0.4, 0.5) is 26.3 Å². The molecule has 0 aromatic heterocycles. The molecule has 0 amide bonds. The predicted octanol–water partition coefficient (Wildman–Crippen LogP) is 9.58. The molecular weight excluding hydrogens is 642 g/mol. The number of hydrogen-bond acceptors (Lipinski definition) is 6. The van der Waals surface area contributed by atoms with Crippen molar-refractivity contribution in [3.8, 4) is 23.0 Å². The molecule has 242 valence electrons. The van der Waals surface area contributed by atoms with Crippen LogP contribution in [0.5, 0.6) is 23.0 Å². The summed E-state index contributed by atoms with van der Waals surface area (Å²) in [6.07, 6.45) is -12.7. The average Bonchev–Trinajstić information content (AvgIpc) is 3.03. The number of halogens is 6. The van der Waals surface area contributed by atoms with Crippen molar-refractivity contribution >= 4 is 55.5 Å². The van der Waals surface area contributed by atoms with Crippen molar-refractivity contribution in [3.05, 3.63) is 108 Å². The Morgan fingerprint density at radius 1 is 0.438 bits per heavy atom. The Bertz CT molecular complexity index is 1990. The first-order valence-corrected chi connectivity index (χ1v) is 14.2. The molecule has 0 aliphatic rings. The van der Waals surface area contributed by atoms with Crippen LogP contribution in [-0.4, -0.2) is 35.5 Å². The van der Waals surface area contributed by atoms with Gasteiger partial charge >= 0.3 is 12.4 Å². The summed E-state index contributed by atoms with van der Waals surface area (Å²) in [5.41, 5.74) is -0.105. The molecule has 0 radical (unpaired) electrons. The molecule has 0 atom stereocenters. The van der Waals surface area contributed by atoms with E-state index in [1.807, 2.05) is 48.5 Å². The predicted molar refractivity (Wildman–Crippen MR) is 163 cm³/mol. The van der Waals surface area contributed by atoms with Gasteiger partial charge in [-0.05, 0) is 105 Å². The van der Waals surface area contributed by atoms with E-state index in [-0.39, 0.29) is 11.1 Å². The van der Waals surface area contributed by atoms with Gasteiger partial charge in [-0.25, -0.2) is 0 Å². The molecule has 48 heavy (non-hydrogen) atoms. The number of Topliss-reactive ketones (excluding diaryl/α,β-unsaturated/α-hetero) is 4. The molecule has 6 aromatic rings. The van der Waals surface area contributed by atoms with Gasteiger partial charge in [0.2, 0.25) is 11.6 Å². The quantitative estimate of drug-likeness (QED) is 0.0629. The molecule has 0 unspecified atom stereocenters. The Morgan fingerprint density at radius 2 is 0.729 bits per heavy atom. The second-order valence-corrected chi connectivity index (χ2v) is 10.9. The molecular formula is C36H20F6O6. The fourth-order valence-electron chi connectivity index (χ4n) is 5.28. The Kier molecular flexibility index (Phi) is 8.11. The Morgan fingerprint density at radius 3 is 1.00 bits per heavy atom. The number of alkyl halides is 6. The number of benzene rings is 6. The second-order valence-electron chi connectivity index (χ2n) is 10.9. The summed E-state index contributed by atoms with van der Waals surface area (Å²) < 4.78 is 87.0. The topological polar surface area (TPSA) is 86.7 Å². The molecule has 0 saturated carbocycles. The maximum absolute atomic E-state index is 12.5. The summed E-state index contributed by atoms with van der Waals surface area (Å²) in [5.74, 6) is -4.53. The molecule has 0 fully saturated rings. The van der Waals surface area contributed by atoms with Gasteiger partial charge in [0.05, 0.1) is 12.8 Å². The average molecular weight is 663 g/mol. The highest BCUT2D eigenvalue weighted by Gasteiger charge is 2.40. The summed E-state index contributed by atoms with van der Waals surface area (Å²) in [7, 11) is 0. The van der Waals surface area contributed by atoms with E-state index in [9.17, 15) is 45.5 Å². The lowest BCUT2D eigenvalue weighted by Crippen LogP contribution is -2.25. The minimum absolute atomic E-state index is 0.0523. The molecule has 0 saturated heterocycles. The molecule has 6 rings (SSSR count). The molecule has 6 nitrogen and oxygen atoms in total. The largest absolute Gasteiger partial charge is 0.457 e. The number of hydrogen-bond donors (Lipinski definition) is 0. The van der Waals surface area contributed by atoms with Crippen LogP contribution >= 0.6 is 0 Å². The van der Waals surface area contributed by atoms with Crippen LogP contribution in [0, 0.1) is 0 Å². The summed E-state index contributed by atoms with van der Waals surface area (Å²) >= 11 is 0. The van der Waals surface area contributed by atoms with Crippen molar-refractivity contribution in [3.63, 3.8) is 0 Å². The molecule has 12 heteroatoms. The van der Waals surface area contributed by atoms with Gasteiger partial charge in [0.15, 0.2) is 11.6 Å². The van der Waals surface area contributed by atoms with Crippen LogP contribution in [-0.2, 0) is 9.59 Å². The fraction of sp³-hybridized carbons (Fsp3) is 0.111. The van der Waals surface area contributed by atoms with Crippen molar-refractivity contribution in [1.82, 2.24) is 0 Å². The van der Waals surface area contributed by atoms with E-state index in [0.717, 1.165) is 32.3 Å². The fourth-order valence-corrected chi connectivity index (χ4v) is 5.28. The SMILES string of the molecule is O=C(CC(=O)C(F)(F)F)c1ccc(Oc2cc3ccc4cc(Oc5ccc(C(=O)CC(=O)C(F)(F)F)cc5)cc5ccc(c2)c3c45)cc1. The summed E-state index contributed by atoms with van der Waals surface area (Å²) in [4.78, 5) is 46.5. The minimum Gasteiger partial charge on any atom is -0.457 e. The van der Waals surface area contributed by atoms with Crippen molar-refractivity contribution in [1.29, 1.82) is 0 Å². The third kappa shape index (κ3) is 6.68. The van der Waals surface area contributed by atoms with E-state index in [1.54, 1.807) is 0 Å². The number of carbonyl (C=O) groups is 4. The van der Waals surface area contributed by atoms with Crippen LogP contribution in [0.2, 0.25) is 0 Å². The Balaban J connectivity index is 1.19. The molecule has 0 spiro atoms. The zero-order chi connectivity index (χ0) is 34.4. The maximum Gasteiger partial charge on any atom is 0.450 e. The first-order valence-electron chi connectivity index (χ1n) is 14.2. The van der Waals surface area contributed by atoms with Crippen molar-refractivity contribution < 1.29 is 55.0 Å². The number of carbonyl (C=O) groups excluding carboxylic acids is 4. The van der Waals surface area contributed by atoms with E-state index in [1.165, 1.54) is 48.5 Å². The minimum atomic E-state index is -5.08. The van der Waals surface area contributed by atoms with Crippen LogP contribution in [0.3, 0.4) is 0 Å². The molecule has 0 heterocycles. The van der Waals surface area contributed by atoms with Crippen molar-refractivity contribution in [2.45, 2.75) is 25.2 Å². The summed E-state index contributed by atoms with van der Waals surface area (Å²) in [5, 5.41) is 5.34. The van der Waals surface area contributed by atoms with Gasteiger partial charge in [0.1, 0.15) is 23.0 Å². The zero-order valence-electron chi connectivity index (χ0n) is 24.4. The standard InChI is InChI=1S/C36H20F6O6/c37-35(38,39)31(45)17-29(43)19-5-9-25(10-6-19)47-27-13-21-1-2-22-14-28(16-24-4-3-23(15-27)33(21)34(22)24)48-26-11-7-20(8-12-26)30(44)18-32(46)36(40,41)42/h1-16H,17-18H2. The number of ketones is 4. The third-order valence-electron chi connectivity index (χ3n) is 7.58. The number of rotatable bonds is 10. The van der Waals surface area contributed by atoms with Gasteiger partial charge in [0.25, 0.3) is 0 Å². The first-order chi connectivity index (χ1) is 22.7. The molecule has 0 aliphatic carbocycles. The highest BCUT2D eigenvalue weighted by atomic mass is 19.4. The maximum atomic E-state index is 12.5. The van der Waals surface area contributed by atoms with E-state index >= 15 is 0 Å². The van der Waals surface area contributed by atoms with Crippen LogP contribution < -0.4 is 9.47 Å². The normalized spacial score (nSPS) is 12.0. The van der Waals surface area contributed by atoms with Gasteiger partial charge in [0, 0.05) is 11.1 Å².